The second-order valence-electron chi connectivity index (χ2n) is 7.09. The van der Waals surface area contributed by atoms with Gasteiger partial charge in [0.15, 0.2) is 0 Å². The molecule has 148 valence electrons. The Bertz CT molecular complexity index is 762. The largest absolute Gasteiger partial charge is 0.443 e. The number of imide groups is 1. The first-order chi connectivity index (χ1) is 12.5. The number of hydrogen-bond donors (Lipinski definition) is 3. The van der Waals surface area contributed by atoms with Gasteiger partial charge in [-0.15, -0.1) is 0 Å². The number of ether oxygens (including phenoxy) is 1. The van der Waals surface area contributed by atoms with Gasteiger partial charge in [0.25, 0.3) is 5.91 Å². The maximum absolute atomic E-state index is 14.6. The van der Waals surface area contributed by atoms with Crippen LogP contribution in [0.15, 0.2) is 30.1 Å². The monoisotopic (exact) mass is 380 g/mol. The zero-order chi connectivity index (χ0) is 20.4. The fourth-order valence-electron chi connectivity index (χ4n) is 2.40. The van der Waals surface area contributed by atoms with Gasteiger partial charge in [-0.05, 0) is 32.9 Å². The van der Waals surface area contributed by atoms with Crippen molar-refractivity contribution in [2.75, 3.05) is 29.7 Å². The van der Waals surface area contributed by atoms with E-state index in [0.717, 1.165) is 9.91 Å². The van der Waals surface area contributed by atoms with E-state index in [1.165, 1.54) is 23.2 Å². The maximum Gasteiger partial charge on any atom is 0.418 e. The highest BCUT2D eigenvalue weighted by atomic mass is 19.1. The molecule has 27 heavy (non-hydrogen) atoms. The Morgan fingerprint density at radius 3 is 2.63 bits per heavy atom. The van der Waals surface area contributed by atoms with Gasteiger partial charge in [0.05, 0.1) is 17.9 Å². The minimum atomic E-state index is -0.762. The van der Waals surface area contributed by atoms with Crippen LogP contribution in [-0.4, -0.2) is 42.3 Å². The van der Waals surface area contributed by atoms with Gasteiger partial charge in [0, 0.05) is 24.5 Å². The first kappa shape index (κ1) is 20.5. The van der Waals surface area contributed by atoms with Gasteiger partial charge in [0.2, 0.25) is 0 Å². The number of rotatable bonds is 4. The number of carbonyl (C=O) groups is 2. The second-order valence-corrected chi connectivity index (χ2v) is 7.09. The third-order valence-electron chi connectivity index (χ3n) is 3.66. The molecule has 2 amide bonds. The molecule has 0 bridgehead atoms. The lowest BCUT2D eigenvalue weighted by atomic mass is 10.2. The second kappa shape index (κ2) is 7.80. The topological polar surface area (TPSA) is 131 Å². The minimum Gasteiger partial charge on any atom is -0.443 e. The summed E-state index contributed by atoms with van der Waals surface area (Å²) < 4.78 is 19.8. The summed E-state index contributed by atoms with van der Waals surface area (Å²) in [6.07, 6.45) is 0.625. The van der Waals surface area contributed by atoms with Crippen LogP contribution in [-0.2, 0) is 9.53 Å². The zero-order valence-electron chi connectivity index (χ0n) is 15.6. The van der Waals surface area contributed by atoms with Crippen molar-refractivity contribution in [2.24, 2.45) is 17.3 Å². The summed E-state index contributed by atoms with van der Waals surface area (Å²) in [6.45, 7) is 4.98. The molecule has 1 saturated heterocycles. The van der Waals surface area contributed by atoms with Gasteiger partial charge in [-0.1, -0.05) is 0 Å². The van der Waals surface area contributed by atoms with Crippen molar-refractivity contribution >= 4 is 23.4 Å². The van der Waals surface area contributed by atoms with Gasteiger partial charge in [0.1, 0.15) is 18.1 Å². The van der Waals surface area contributed by atoms with Crippen molar-refractivity contribution in [1.82, 2.24) is 4.90 Å². The molecule has 1 aliphatic rings. The summed E-state index contributed by atoms with van der Waals surface area (Å²) in [5.41, 5.74) is 11.1. The zero-order valence-corrected chi connectivity index (χ0v) is 15.6. The van der Waals surface area contributed by atoms with Crippen molar-refractivity contribution in [1.29, 1.82) is 0 Å². The van der Waals surface area contributed by atoms with Crippen molar-refractivity contribution in [3.63, 3.8) is 0 Å². The van der Waals surface area contributed by atoms with Crippen molar-refractivity contribution in [3.8, 4) is 0 Å². The normalized spacial score (nSPS) is 15.3. The van der Waals surface area contributed by atoms with Crippen LogP contribution in [0.4, 0.5) is 20.6 Å². The summed E-state index contributed by atoms with van der Waals surface area (Å²) >= 11 is 0. The fourth-order valence-corrected chi connectivity index (χ4v) is 2.40. The predicted molar refractivity (Wildman–Crippen MR) is 99.7 cm³/mol. The number of nitrogens with zero attached hydrogens (tertiary/aromatic N) is 3. The van der Waals surface area contributed by atoms with Crippen LogP contribution in [0.2, 0.25) is 0 Å². The molecule has 1 heterocycles. The highest BCUT2D eigenvalue weighted by molar-refractivity contribution is 5.97. The standard InChI is InChI=1S/C17H25FN6O3/c1-17(2,3)27-16(26)23-10-22(9-15(23)25)14-5-4-12(6-13(14)18)24(21)8-11(20)7-19/h4-6,8H,7,9-10,19-21H2,1-3H3/b11-8-. The molecule has 0 spiro atoms. The molecule has 1 aromatic rings. The molecule has 6 N–H and O–H groups in total. The van der Waals surface area contributed by atoms with E-state index in [0.29, 0.717) is 11.4 Å². The van der Waals surface area contributed by atoms with E-state index in [1.54, 1.807) is 26.8 Å². The molecule has 2 rings (SSSR count). The Morgan fingerprint density at radius 2 is 2.07 bits per heavy atom. The van der Waals surface area contributed by atoms with Crippen molar-refractivity contribution < 1.29 is 18.7 Å². The summed E-state index contributed by atoms with van der Waals surface area (Å²) in [5, 5.41) is 1.15. The summed E-state index contributed by atoms with van der Waals surface area (Å²) in [5.74, 6) is 4.74. The van der Waals surface area contributed by atoms with E-state index in [-0.39, 0.29) is 25.4 Å². The highest BCUT2D eigenvalue weighted by Crippen LogP contribution is 2.27. The quantitative estimate of drug-likeness (QED) is 0.516. The number of carbonyl (C=O) groups excluding carboxylic acids is 2. The van der Waals surface area contributed by atoms with E-state index in [2.05, 4.69) is 0 Å². The number of amides is 2. The average molecular weight is 380 g/mol. The number of nitrogens with two attached hydrogens (primary N) is 3. The summed E-state index contributed by atoms with van der Waals surface area (Å²) in [6, 6.07) is 4.25. The Morgan fingerprint density at radius 1 is 1.41 bits per heavy atom. The SMILES string of the molecule is CC(C)(C)OC(=O)N1CN(c2ccc(N(N)/C=C(\N)CN)cc2F)CC1=O. The van der Waals surface area contributed by atoms with Crippen LogP contribution in [0, 0.1) is 5.82 Å². The Kier molecular flexibility index (Phi) is 5.91. The fraction of sp³-hybridized carbons (Fsp3) is 0.412. The third-order valence-corrected chi connectivity index (χ3v) is 3.66. The first-order valence-corrected chi connectivity index (χ1v) is 8.30. The summed E-state index contributed by atoms with van der Waals surface area (Å²) in [7, 11) is 0. The molecule has 1 fully saturated rings. The van der Waals surface area contributed by atoms with E-state index in [9.17, 15) is 14.0 Å². The van der Waals surface area contributed by atoms with Crippen molar-refractivity contribution in [2.45, 2.75) is 26.4 Å². The van der Waals surface area contributed by atoms with Crippen LogP contribution in [0.25, 0.3) is 0 Å². The smallest absolute Gasteiger partial charge is 0.418 e. The molecule has 0 aliphatic carbocycles. The highest BCUT2D eigenvalue weighted by Gasteiger charge is 2.36. The van der Waals surface area contributed by atoms with Crippen LogP contribution in [0.1, 0.15) is 20.8 Å². The van der Waals surface area contributed by atoms with Gasteiger partial charge < -0.3 is 21.1 Å². The van der Waals surface area contributed by atoms with Gasteiger partial charge in [-0.25, -0.2) is 19.9 Å². The van der Waals surface area contributed by atoms with E-state index < -0.39 is 23.4 Å². The van der Waals surface area contributed by atoms with Crippen LogP contribution < -0.4 is 27.2 Å². The minimum absolute atomic E-state index is 0.101. The Balaban J connectivity index is 2.15. The van der Waals surface area contributed by atoms with Crippen LogP contribution in [0.5, 0.6) is 0 Å². The lowest BCUT2D eigenvalue weighted by Crippen LogP contribution is -2.38. The Hall–Kier alpha value is -2.85. The third kappa shape index (κ3) is 5.08. The first-order valence-electron chi connectivity index (χ1n) is 8.30. The maximum atomic E-state index is 14.6. The average Bonchev–Trinajstić information content (AvgIpc) is 2.94. The number of hydrogen-bond acceptors (Lipinski definition) is 8. The van der Waals surface area contributed by atoms with E-state index >= 15 is 0 Å². The molecule has 0 unspecified atom stereocenters. The number of benzene rings is 1. The number of hydrazine groups is 1. The molecular formula is C17H25FN6O3. The van der Waals surface area contributed by atoms with Crippen molar-refractivity contribution in [3.05, 3.63) is 35.9 Å². The predicted octanol–water partition coefficient (Wildman–Crippen LogP) is 0.806. The van der Waals surface area contributed by atoms with E-state index in [1.807, 2.05) is 0 Å². The van der Waals surface area contributed by atoms with Crippen LogP contribution in [0.3, 0.4) is 0 Å². The molecular weight excluding hydrogens is 355 g/mol. The number of anilines is 2. The summed E-state index contributed by atoms with van der Waals surface area (Å²) in [4.78, 5) is 26.6. The molecule has 10 heteroatoms. The molecule has 0 radical (unpaired) electrons. The lowest BCUT2D eigenvalue weighted by Gasteiger charge is -2.24. The molecule has 0 saturated carbocycles. The molecule has 9 nitrogen and oxygen atoms in total. The van der Waals surface area contributed by atoms with E-state index in [4.69, 9.17) is 22.0 Å². The van der Waals surface area contributed by atoms with Gasteiger partial charge in [-0.2, -0.15) is 0 Å². The molecule has 0 atom stereocenters. The molecule has 1 aromatic carbocycles. The van der Waals surface area contributed by atoms with Gasteiger partial charge in [-0.3, -0.25) is 9.80 Å². The number of halogens is 1. The molecule has 1 aliphatic heterocycles. The van der Waals surface area contributed by atoms with Gasteiger partial charge >= 0.3 is 6.09 Å². The molecule has 0 aromatic heterocycles. The lowest BCUT2D eigenvalue weighted by molar-refractivity contribution is -0.125. The van der Waals surface area contributed by atoms with Crippen LogP contribution >= 0.6 is 0 Å². The Labute approximate surface area is 157 Å².